The smallest absolute Gasteiger partial charge is 0.204 e. The van der Waals surface area contributed by atoms with Crippen molar-refractivity contribution in [2.45, 2.75) is 20.8 Å². The molecule has 0 atom stereocenters. The molecule has 0 aliphatic rings. The monoisotopic (exact) mass is 606 g/mol. The molecule has 47 heavy (non-hydrogen) atoms. The number of nitriles is 1. The van der Waals surface area contributed by atoms with Crippen molar-refractivity contribution in [2.75, 3.05) is 0 Å². The lowest BCUT2D eigenvalue weighted by atomic mass is 9.95. The van der Waals surface area contributed by atoms with Crippen LogP contribution in [0.25, 0.3) is 82.3 Å². The van der Waals surface area contributed by atoms with Crippen LogP contribution in [0.5, 0.6) is 0 Å². The summed E-state index contributed by atoms with van der Waals surface area (Å²) in [5.41, 5.74) is 7.50. The SMILES string of the molecule is [C-]#[N+]C(/C=C/C(C)(C)C)=C(C#N)/C=C/n1c2ccccc2c2c3oc4c(ccc5c4c4ccccc4n5-c4ccccc4)c3ccc21. The Hall–Kier alpha value is -6.30. The van der Waals surface area contributed by atoms with Crippen LogP contribution in [0.15, 0.2) is 137 Å². The highest BCUT2D eigenvalue weighted by Crippen LogP contribution is 2.44. The number of benzene rings is 5. The molecular weight excluding hydrogens is 576 g/mol. The number of fused-ring (bicyclic) bond motifs is 11. The van der Waals surface area contributed by atoms with Gasteiger partial charge in [0.25, 0.3) is 0 Å². The molecule has 0 N–H and O–H groups in total. The Morgan fingerprint density at radius 3 is 1.96 bits per heavy atom. The summed E-state index contributed by atoms with van der Waals surface area (Å²) >= 11 is 0. The van der Waals surface area contributed by atoms with E-state index in [1.807, 2.05) is 30.5 Å². The van der Waals surface area contributed by atoms with Crippen LogP contribution in [-0.2, 0) is 0 Å². The van der Waals surface area contributed by atoms with Gasteiger partial charge in [0.15, 0.2) is 0 Å². The van der Waals surface area contributed by atoms with Gasteiger partial charge >= 0.3 is 0 Å². The average molecular weight is 607 g/mol. The van der Waals surface area contributed by atoms with Crippen molar-refractivity contribution in [3.05, 3.63) is 144 Å². The minimum absolute atomic E-state index is 0.104. The molecule has 0 bridgehead atoms. The van der Waals surface area contributed by atoms with Gasteiger partial charge in [-0.2, -0.15) is 5.26 Å². The summed E-state index contributed by atoms with van der Waals surface area (Å²) in [5.74, 6) is 0. The third-order valence-electron chi connectivity index (χ3n) is 8.78. The van der Waals surface area contributed by atoms with E-state index in [1.165, 1.54) is 0 Å². The van der Waals surface area contributed by atoms with E-state index in [-0.39, 0.29) is 5.41 Å². The van der Waals surface area contributed by atoms with Crippen molar-refractivity contribution < 1.29 is 4.42 Å². The zero-order chi connectivity index (χ0) is 32.3. The maximum Gasteiger partial charge on any atom is 0.204 e. The maximum atomic E-state index is 10.0. The molecule has 5 aromatic carbocycles. The number of allylic oxidation sites excluding steroid dienone is 4. The Balaban J connectivity index is 1.40. The van der Waals surface area contributed by atoms with Gasteiger partial charge in [-0.1, -0.05) is 87.5 Å². The first-order valence-corrected chi connectivity index (χ1v) is 15.6. The Kier molecular flexibility index (Phi) is 6.39. The fraction of sp³-hybridized carbons (Fsp3) is 0.0952. The maximum absolute atomic E-state index is 10.0. The Labute approximate surface area is 272 Å². The third-order valence-corrected chi connectivity index (χ3v) is 8.78. The highest BCUT2D eigenvalue weighted by Gasteiger charge is 2.21. The zero-order valence-corrected chi connectivity index (χ0v) is 26.3. The van der Waals surface area contributed by atoms with Crippen LogP contribution in [0.1, 0.15) is 20.8 Å². The highest BCUT2D eigenvalue weighted by molar-refractivity contribution is 6.28. The summed E-state index contributed by atoms with van der Waals surface area (Å²) < 4.78 is 11.3. The molecule has 0 radical (unpaired) electrons. The largest absolute Gasteiger partial charge is 0.455 e. The summed E-state index contributed by atoms with van der Waals surface area (Å²) in [5, 5.41) is 16.4. The van der Waals surface area contributed by atoms with E-state index < -0.39 is 0 Å². The molecule has 0 aliphatic carbocycles. The summed E-state index contributed by atoms with van der Waals surface area (Å²) in [7, 11) is 0. The zero-order valence-electron chi connectivity index (χ0n) is 26.3. The lowest BCUT2D eigenvalue weighted by Gasteiger charge is -2.10. The molecule has 8 aromatic rings. The van der Waals surface area contributed by atoms with Crippen LogP contribution in [0.3, 0.4) is 0 Å². The second-order valence-electron chi connectivity index (χ2n) is 12.9. The summed E-state index contributed by atoms with van der Waals surface area (Å²) in [6.07, 6.45) is 7.32. The molecule has 3 heterocycles. The van der Waals surface area contributed by atoms with Crippen LogP contribution >= 0.6 is 0 Å². The Morgan fingerprint density at radius 1 is 0.702 bits per heavy atom. The van der Waals surface area contributed by atoms with Crippen LogP contribution in [0, 0.1) is 23.3 Å². The molecule has 0 aliphatic heterocycles. The topological polar surface area (TPSA) is 51.1 Å². The fourth-order valence-corrected chi connectivity index (χ4v) is 6.69. The van der Waals surface area contributed by atoms with Gasteiger partial charge in [0, 0.05) is 33.4 Å². The van der Waals surface area contributed by atoms with Gasteiger partial charge in [0.2, 0.25) is 5.70 Å². The number of furan rings is 1. The molecule has 0 fully saturated rings. The van der Waals surface area contributed by atoms with Crippen LogP contribution in [0.4, 0.5) is 0 Å². The first kappa shape index (κ1) is 28.2. The van der Waals surface area contributed by atoms with Gasteiger partial charge in [0.05, 0.1) is 51.1 Å². The van der Waals surface area contributed by atoms with E-state index in [2.05, 4.69) is 126 Å². The standard InChI is InChI=1S/C42H30N4O/c1-42(2,3)24-22-33(44-4)27(26-43)23-25-45-34-16-10-8-14-31(34)38-36(45)20-18-29-30-19-21-37-39(41(30)47-40(29)38)32-15-9-11-17-35(32)46(37)28-12-6-5-7-13-28/h5-25H,1-3H3/b24-22+,25-23+,33-27-. The van der Waals surface area contributed by atoms with Crippen LogP contribution in [-0.4, -0.2) is 9.13 Å². The van der Waals surface area contributed by atoms with Crippen molar-refractivity contribution in [3.63, 3.8) is 0 Å². The van der Waals surface area contributed by atoms with Crippen molar-refractivity contribution in [1.82, 2.24) is 9.13 Å². The Morgan fingerprint density at radius 2 is 1.30 bits per heavy atom. The van der Waals surface area contributed by atoms with Crippen molar-refractivity contribution in [3.8, 4) is 11.8 Å². The number of nitrogens with zero attached hydrogens (tertiary/aromatic N) is 4. The molecule has 8 rings (SSSR count). The molecule has 3 aromatic heterocycles. The predicted octanol–water partition coefficient (Wildman–Crippen LogP) is 11.6. The van der Waals surface area contributed by atoms with Gasteiger partial charge in [-0.3, -0.25) is 0 Å². The lowest BCUT2D eigenvalue weighted by Crippen LogP contribution is -1.98. The van der Waals surface area contributed by atoms with E-state index in [9.17, 15) is 5.26 Å². The van der Waals surface area contributed by atoms with E-state index >= 15 is 0 Å². The van der Waals surface area contributed by atoms with E-state index in [1.54, 1.807) is 12.2 Å². The first-order valence-electron chi connectivity index (χ1n) is 15.6. The molecule has 5 nitrogen and oxygen atoms in total. The molecule has 0 saturated carbocycles. The molecule has 224 valence electrons. The number of hydrogen-bond donors (Lipinski definition) is 0. The second-order valence-corrected chi connectivity index (χ2v) is 12.9. The molecule has 0 saturated heterocycles. The Bertz CT molecular complexity index is 2730. The highest BCUT2D eigenvalue weighted by atomic mass is 16.3. The van der Waals surface area contributed by atoms with E-state index in [0.29, 0.717) is 11.3 Å². The molecule has 5 heteroatoms. The lowest BCUT2D eigenvalue weighted by molar-refractivity contribution is 0.544. The minimum Gasteiger partial charge on any atom is -0.455 e. The predicted molar refractivity (Wildman–Crippen MR) is 194 cm³/mol. The van der Waals surface area contributed by atoms with Crippen LogP contribution in [0.2, 0.25) is 0 Å². The van der Waals surface area contributed by atoms with Gasteiger partial charge in [-0.15, -0.1) is 0 Å². The van der Waals surface area contributed by atoms with Gasteiger partial charge < -0.3 is 13.6 Å². The number of hydrogen-bond acceptors (Lipinski definition) is 2. The molecule has 0 spiro atoms. The quantitative estimate of drug-likeness (QED) is 0.114. The van der Waals surface area contributed by atoms with E-state index in [4.69, 9.17) is 11.0 Å². The van der Waals surface area contributed by atoms with Crippen molar-refractivity contribution >= 4 is 71.8 Å². The number of rotatable bonds is 4. The average Bonchev–Trinajstić information content (AvgIpc) is 3.73. The molecule has 0 amide bonds. The molecule has 0 unspecified atom stereocenters. The molecular formula is C42H30N4O. The van der Waals surface area contributed by atoms with Crippen LogP contribution < -0.4 is 0 Å². The normalized spacial score (nSPS) is 13.1. The number of aromatic nitrogens is 2. The van der Waals surface area contributed by atoms with E-state index in [0.717, 1.165) is 71.2 Å². The fourth-order valence-electron chi connectivity index (χ4n) is 6.69. The third kappa shape index (κ3) is 4.44. The summed E-state index contributed by atoms with van der Waals surface area (Å²) in [6.45, 7) is 13.9. The van der Waals surface area contributed by atoms with Crippen molar-refractivity contribution in [1.29, 1.82) is 5.26 Å². The summed E-state index contributed by atoms with van der Waals surface area (Å²) in [6, 6.07) is 38.0. The van der Waals surface area contributed by atoms with Crippen molar-refractivity contribution in [2.24, 2.45) is 5.41 Å². The van der Waals surface area contributed by atoms with Gasteiger partial charge in [-0.05, 0) is 60.0 Å². The van der Waals surface area contributed by atoms with Gasteiger partial charge in [0.1, 0.15) is 11.2 Å². The first-order chi connectivity index (χ1) is 22.9. The van der Waals surface area contributed by atoms with Gasteiger partial charge in [-0.25, -0.2) is 4.85 Å². The summed E-state index contributed by atoms with van der Waals surface area (Å²) in [4.78, 5) is 3.66. The number of para-hydroxylation sites is 3. The minimum atomic E-state index is -0.104. The second kappa shape index (κ2) is 10.7.